The van der Waals surface area contributed by atoms with Crippen LogP contribution in [0.25, 0.3) is 0 Å². The van der Waals surface area contributed by atoms with Crippen LogP contribution in [0.1, 0.15) is 38.7 Å². The lowest BCUT2D eigenvalue weighted by Gasteiger charge is -2.29. The number of aliphatic hydroxyl groups excluding tert-OH is 1. The van der Waals surface area contributed by atoms with Gasteiger partial charge in [0, 0.05) is 13.0 Å². The first kappa shape index (κ1) is 33.3. The highest BCUT2D eigenvalue weighted by Gasteiger charge is 2.30. The summed E-state index contributed by atoms with van der Waals surface area (Å²) in [5.41, 5.74) is -0.167. The van der Waals surface area contributed by atoms with Gasteiger partial charge in [0.25, 0.3) is 0 Å². The molecule has 39 heavy (non-hydrogen) atoms. The van der Waals surface area contributed by atoms with E-state index >= 15 is 0 Å². The van der Waals surface area contributed by atoms with Gasteiger partial charge in [0.1, 0.15) is 19.3 Å². The second kappa shape index (κ2) is 18.5. The Morgan fingerprint density at radius 2 is 1.72 bits per heavy atom. The van der Waals surface area contributed by atoms with Crippen molar-refractivity contribution < 1.29 is 38.5 Å². The van der Waals surface area contributed by atoms with Gasteiger partial charge in [-0.2, -0.15) is 0 Å². The summed E-state index contributed by atoms with van der Waals surface area (Å²) in [4.78, 5) is 50.0. The Hall–Kier alpha value is -3.70. The molecule has 0 bridgehead atoms. The molecule has 4 N–H and O–H groups in total. The van der Waals surface area contributed by atoms with Gasteiger partial charge < -0.3 is 35.3 Å². The molecule has 3 amide bonds. The van der Waals surface area contributed by atoms with Gasteiger partial charge in [-0.3, -0.25) is 9.59 Å². The third-order valence-corrected chi connectivity index (χ3v) is 5.29. The number of esters is 1. The number of amides is 3. The maximum absolute atomic E-state index is 12.9. The first-order valence-corrected chi connectivity index (χ1v) is 12.7. The number of carbonyl (C=O) groups excluding carboxylic acids is 4. The number of ether oxygens (including phenoxy) is 3. The fourth-order valence-electron chi connectivity index (χ4n) is 3.32. The van der Waals surface area contributed by atoms with Crippen LogP contribution in [0.15, 0.2) is 55.6 Å². The van der Waals surface area contributed by atoms with Gasteiger partial charge in [0.2, 0.25) is 11.8 Å². The van der Waals surface area contributed by atoms with E-state index in [1.165, 1.54) is 6.08 Å². The summed E-state index contributed by atoms with van der Waals surface area (Å²) < 4.78 is 15.6. The van der Waals surface area contributed by atoms with Gasteiger partial charge >= 0.3 is 12.1 Å². The summed E-state index contributed by atoms with van der Waals surface area (Å²) in [6.07, 6.45) is 2.57. The van der Waals surface area contributed by atoms with E-state index in [2.05, 4.69) is 29.1 Å². The van der Waals surface area contributed by atoms with E-state index in [1.54, 1.807) is 32.1 Å². The number of aliphatic hydroxyl groups is 1. The summed E-state index contributed by atoms with van der Waals surface area (Å²) in [7, 11) is 0. The van der Waals surface area contributed by atoms with Crippen molar-refractivity contribution in [3.05, 3.63) is 61.2 Å². The molecule has 0 saturated carbocycles. The van der Waals surface area contributed by atoms with Crippen LogP contribution < -0.4 is 16.0 Å². The number of hydrogen-bond donors (Lipinski definition) is 4. The molecule has 0 fully saturated rings. The average molecular weight is 548 g/mol. The lowest BCUT2D eigenvalue weighted by atomic mass is 9.97. The molecule has 1 aromatic carbocycles. The van der Waals surface area contributed by atoms with Crippen LogP contribution in [-0.2, 0) is 35.2 Å². The zero-order valence-corrected chi connectivity index (χ0v) is 22.8. The van der Waals surface area contributed by atoms with E-state index in [1.807, 2.05) is 18.2 Å². The number of hydrogen-bond acceptors (Lipinski definition) is 8. The maximum Gasteiger partial charge on any atom is 0.408 e. The Bertz CT molecular complexity index is 936. The molecule has 0 aliphatic carbocycles. The summed E-state index contributed by atoms with van der Waals surface area (Å²) in [5.74, 6) is -2.11. The molecule has 0 aliphatic heterocycles. The van der Waals surface area contributed by atoms with E-state index in [9.17, 15) is 19.2 Å². The number of benzene rings is 1. The summed E-state index contributed by atoms with van der Waals surface area (Å²) in [6, 6.07) is 8.08. The summed E-state index contributed by atoms with van der Waals surface area (Å²) in [6.45, 7) is 11.0. The zero-order valence-electron chi connectivity index (χ0n) is 22.8. The fraction of sp³-hybridized carbons (Fsp3) is 0.500. The largest absolute Gasteiger partial charge is 0.462 e. The number of rotatable bonds is 19. The quantitative estimate of drug-likeness (QED) is 0.117. The monoisotopic (exact) mass is 547 g/mol. The molecule has 0 radical (unpaired) electrons. The van der Waals surface area contributed by atoms with Gasteiger partial charge in [-0.05, 0) is 32.3 Å². The van der Waals surface area contributed by atoms with Crippen molar-refractivity contribution in [2.24, 2.45) is 5.92 Å². The molecule has 2 atom stereocenters. The summed E-state index contributed by atoms with van der Waals surface area (Å²) in [5, 5.41) is 16.6. The lowest BCUT2D eigenvalue weighted by molar-refractivity contribution is -0.149. The minimum absolute atomic E-state index is 0.0446. The second-order valence-corrected chi connectivity index (χ2v) is 9.38. The summed E-state index contributed by atoms with van der Waals surface area (Å²) >= 11 is 0. The molecule has 0 spiro atoms. The highest BCUT2D eigenvalue weighted by Crippen LogP contribution is 2.14. The third-order valence-electron chi connectivity index (χ3n) is 5.29. The first-order chi connectivity index (χ1) is 18.6. The second-order valence-electron chi connectivity index (χ2n) is 9.38. The predicted octanol–water partition coefficient (Wildman–Crippen LogP) is 2.00. The van der Waals surface area contributed by atoms with Crippen LogP contribution in [-0.4, -0.2) is 73.5 Å². The van der Waals surface area contributed by atoms with Crippen molar-refractivity contribution in [3.63, 3.8) is 0 Å². The molecule has 0 aromatic heterocycles. The zero-order chi connectivity index (χ0) is 29.1. The van der Waals surface area contributed by atoms with Crippen LogP contribution in [0.2, 0.25) is 0 Å². The Balaban J connectivity index is 2.58. The van der Waals surface area contributed by atoms with Crippen molar-refractivity contribution in [1.82, 2.24) is 16.0 Å². The van der Waals surface area contributed by atoms with E-state index < -0.39 is 35.5 Å². The van der Waals surface area contributed by atoms with Crippen molar-refractivity contribution in [3.8, 4) is 0 Å². The van der Waals surface area contributed by atoms with Crippen molar-refractivity contribution in [1.29, 1.82) is 0 Å². The van der Waals surface area contributed by atoms with Gasteiger partial charge in [0.05, 0.1) is 31.3 Å². The van der Waals surface area contributed by atoms with Gasteiger partial charge in [-0.15, -0.1) is 13.2 Å². The Morgan fingerprint density at radius 1 is 1.03 bits per heavy atom. The SMILES string of the molecule is C=CC[C@H](CC(=O)NCCOCCO)C(=O)NC(C)(C)COC(=O)[C@@H](CC=C)NC(=O)OCc1ccccc1. The average Bonchev–Trinajstić information content (AvgIpc) is 2.90. The molecule has 11 heteroatoms. The van der Waals surface area contributed by atoms with Crippen LogP contribution in [0.3, 0.4) is 0 Å². The van der Waals surface area contributed by atoms with E-state index in [0.717, 1.165) is 5.56 Å². The minimum Gasteiger partial charge on any atom is -0.462 e. The smallest absolute Gasteiger partial charge is 0.408 e. The molecule has 0 heterocycles. The number of nitrogens with one attached hydrogen (secondary N) is 3. The van der Waals surface area contributed by atoms with Gasteiger partial charge in [-0.1, -0.05) is 42.5 Å². The highest BCUT2D eigenvalue weighted by molar-refractivity contribution is 5.86. The minimum atomic E-state index is -1.02. The van der Waals surface area contributed by atoms with E-state index in [-0.39, 0.29) is 64.7 Å². The molecule has 0 saturated heterocycles. The third kappa shape index (κ3) is 14.7. The predicted molar refractivity (Wildman–Crippen MR) is 145 cm³/mol. The fourth-order valence-corrected chi connectivity index (χ4v) is 3.32. The van der Waals surface area contributed by atoms with Gasteiger partial charge in [-0.25, -0.2) is 9.59 Å². The molecular formula is C28H41N3O8. The number of carbonyl (C=O) groups is 4. The van der Waals surface area contributed by atoms with Crippen LogP contribution >= 0.6 is 0 Å². The lowest BCUT2D eigenvalue weighted by Crippen LogP contribution is -2.51. The first-order valence-electron chi connectivity index (χ1n) is 12.7. The molecular weight excluding hydrogens is 506 g/mol. The molecule has 1 aromatic rings. The molecule has 1 rings (SSSR count). The van der Waals surface area contributed by atoms with Crippen LogP contribution in [0.5, 0.6) is 0 Å². The van der Waals surface area contributed by atoms with Crippen molar-refractivity contribution in [2.75, 3.05) is 33.0 Å². The molecule has 0 unspecified atom stereocenters. The van der Waals surface area contributed by atoms with E-state index in [0.29, 0.717) is 0 Å². The highest BCUT2D eigenvalue weighted by atomic mass is 16.6. The van der Waals surface area contributed by atoms with Crippen LogP contribution in [0, 0.1) is 5.92 Å². The standard InChI is InChI=1S/C28H41N3O8/c1-5-10-22(18-24(33)29-14-16-37-17-15-32)25(34)31-28(3,4)20-39-26(35)23(11-6-2)30-27(36)38-19-21-12-8-7-9-13-21/h5-9,12-13,22-23,32H,1-2,10-11,14-20H2,3-4H3,(H,29,33)(H,30,36)(H,31,34)/t22-,23-/m1/s1. The number of alkyl carbamates (subject to hydrolysis) is 1. The van der Waals surface area contributed by atoms with Crippen LogP contribution in [0.4, 0.5) is 4.79 Å². The Kier molecular flexibility index (Phi) is 15.8. The normalized spacial score (nSPS) is 12.4. The van der Waals surface area contributed by atoms with Crippen molar-refractivity contribution >= 4 is 23.9 Å². The topological polar surface area (TPSA) is 152 Å². The van der Waals surface area contributed by atoms with Crippen molar-refractivity contribution in [2.45, 2.75) is 51.3 Å². The molecule has 0 aliphatic rings. The van der Waals surface area contributed by atoms with Gasteiger partial charge in [0.15, 0.2) is 0 Å². The maximum atomic E-state index is 12.9. The van der Waals surface area contributed by atoms with E-state index in [4.69, 9.17) is 19.3 Å². The Labute approximate surface area is 230 Å². The molecule has 11 nitrogen and oxygen atoms in total. The molecule has 216 valence electrons. The Morgan fingerprint density at radius 3 is 2.36 bits per heavy atom. The number of allylic oxidation sites excluding steroid dienone is 1.